The van der Waals surface area contributed by atoms with Crippen molar-refractivity contribution >= 4 is 32.5 Å². The first-order chi connectivity index (χ1) is 8.75. The Labute approximate surface area is 118 Å². The Morgan fingerprint density at radius 1 is 1.21 bits per heavy atom. The van der Waals surface area contributed by atoms with Gasteiger partial charge in [-0.1, -0.05) is 20.8 Å². The first-order valence-electron chi connectivity index (χ1n) is 5.71. The van der Waals surface area contributed by atoms with Crippen LogP contribution in [0.4, 0.5) is 14.5 Å². The lowest BCUT2D eigenvalue weighted by Crippen LogP contribution is -2.16. The molecule has 0 saturated heterocycles. The molecule has 1 heterocycles. The number of anilines is 1. The van der Waals surface area contributed by atoms with Crippen LogP contribution in [0, 0.1) is 11.6 Å². The lowest BCUT2D eigenvalue weighted by molar-refractivity contribution is 0.565. The van der Waals surface area contributed by atoms with Gasteiger partial charge in [-0.3, -0.25) is 5.84 Å². The predicted octanol–water partition coefficient (Wildman–Crippen LogP) is 3.86. The number of aromatic nitrogens is 1. The van der Waals surface area contributed by atoms with Crippen molar-refractivity contribution in [2.45, 2.75) is 26.2 Å². The van der Waals surface area contributed by atoms with E-state index in [1.807, 2.05) is 20.8 Å². The average molecular weight is 330 g/mol. The molecule has 0 aliphatic carbocycles. The molecule has 3 nitrogen and oxygen atoms in total. The van der Waals surface area contributed by atoms with Gasteiger partial charge in [0.15, 0.2) is 5.82 Å². The predicted molar refractivity (Wildman–Crippen MR) is 75.9 cm³/mol. The van der Waals surface area contributed by atoms with Gasteiger partial charge in [-0.2, -0.15) is 0 Å². The number of hydrazine groups is 1. The van der Waals surface area contributed by atoms with Gasteiger partial charge in [0.2, 0.25) is 0 Å². The molecule has 0 aliphatic rings. The second-order valence-electron chi connectivity index (χ2n) is 5.33. The summed E-state index contributed by atoms with van der Waals surface area (Å²) in [6, 6.07) is 2.51. The zero-order valence-electron chi connectivity index (χ0n) is 10.8. The molecule has 0 amide bonds. The topological polar surface area (TPSA) is 50.9 Å². The van der Waals surface area contributed by atoms with Crippen LogP contribution in [0.2, 0.25) is 0 Å². The third-order valence-electron chi connectivity index (χ3n) is 2.85. The van der Waals surface area contributed by atoms with Crippen LogP contribution in [0.15, 0.2) is 16.6 Å². The van der Waals surface area contributed by atoms with E-state index in [0.29, 0.717) is 16.8 Å². The normalized spacial score (nSPS) is 11.9. The van der Waals surface area contributed by atoms with Crippen LogP contribution in [0.25, 0.3) is 10.9 Å². The van der Waals surface area contributed by atoms with Gasteiger partial charge in [-0.05, 0) is 22.0 Å². The molecule has 0 atom stereocenters. The highest BCUT2D eigenvalue weighted by Gasteiger charge is 2.21. The number of nitrogens with two attached hydrogens (primary N) is 1. The lowest BCUT2D eigenvalue weighted by Gasteiger charge is -2.20. The van der Waals surface area contributed by atoms with Crippen LogP contribution in [-0.4, -0.2) is 4.98 Å². The van der Waals surface area contributed by atoms with Crippen LogP contribution in [0.5, 0.6) is 0 Å². The standard InChI is InChI=1S/C13H14BrF2N3/c1-13(2,3)9-5-8(19-17)10-11(14)6(15)4-7(16)12(10)18-9/h4-5H,17H2,1-3H3,(H,18,19). The minimum Gasteiger partial charge on any atom is -0.323 e. The largest absolute Gasteiger partial charge is 0.323 e. The number of pyridine rings is 1. The van der Waals surface area contributed by atoms with E-state index in [2.05, 4.69) is 26.3 Å². The van der Waals surface area contributed by atoms with Gasteiger partial charge in [0.1, 0.15) is 11.3 Å². The van der Waals surface area contributed by atoms with Gasteiger partial charge in [-0.15, -0.1) is 0 Å². The van der Waals surface area contributed by atoms with E-state index in [9.17, 15) is 8.78 Å². The fourth-order valence-corrected chi connectivity index (χ4v) is 2.32. The fraction of sp³-hybridized carbons (Fsp3) is 0.308. The molecule has 1 aromatic carbocycles. The number of nitrogens with one attached hydrogen (secondary N) is 1. The highest BCUT2D eigenvalue weighted by molar-refractivity contribution is 9.10. The van der Waals surface area contributed by atoms with Crippen molar-refractivity contribution in [3.05, 3.63) is 33.9 Å². The van der Waals surface area contributed by atoms with E-state index in [1.165, 1.54) is 0 Å². The van der Waals surface area contributed by atoms with Crippen molar-refractivity contribution in [1.29, 1.82) is 0 Å². The van der Waals surface area contributed by atoms with Gasteiger partial charge < -0.3 is 5.43 Å². The van der Waals surface area contributed by atoms with E-state index in [4.69, 9.17) is 5.84 Å². The number of fused-ring (bicyclic) bond motifs is 1. The van der Waals surface area contributed by atoms with E-state index in [0.717, 1.165) is 6.07 Å². The summed E-state index contributed by atoms with van der Waals surface area (Å²) < 4.78 is 27.6. The zero-order valence-corrected chi connectivity index (χ0v) is 12.4. The molecule has 0 spiro atoms. The first-order valence-corrected chi connectivity index (χ1v) is 6.50. The summed E-state index contributed by atoms with van der Waals surface area (Å²) in [4.78, 5) is 4.29. The third kappa shape index (κ3) is 2.42. The summed E-state index contributed by atoms with van der Waals surface area (Å²) in [6.07, 6.45) is 0. The summed E-state index contributed by atoms with van der Waals surface area (Å²) in [5.74, 6) is 4.06. The number of hydrogen-bond donors (Lipinski definition) is 2. The van der Waals surface area contributed by atoms with E-state index >= 15 is 0 Å². The Kier molecular flexibility index (Phi) is 3.49. The van der Waals surface area contributed by atoms with Crippen molar-refractivity contribution in [3.63, 3.8) is 0 Å². The van der Waals surface area contributed by atoms with Crippen molar-refractivity contribution in [2.75, 3.05) is 5.43 Å². The average Bonchev–Trinajstić information content (AvgIpc) is 2.33. The smallest absolute Gasteiger partial charge is 0.152 e. The SMILES string of the molecule is CC(C)(C)c1cc(NN)c2c(Br)c(F)cc(F)c2n1. The van der Waals surface area contributed by atoms with Gasteiger partial charge in [-0.25, -0.2) is 13.8 Å². The van der Waals surface area contributed by atoms with Crippen LogP contribution >= 0.6 is 15.9 Å². The summed E-state index contributed by atoms with van der Waals surface area (Å²) in [6.45, 7) is 5.87. The molecule has 0 fully saturated rings. The molecular weight excluding hydrogens is 316 g/mol. The van der Waals surface area contributed by atoms with E-state index in [-0.39, 0.29) is 15.4 Å². The van der Waals surface area contributed by atoms with E-state index < -0.39 is 11.6 Å². The second kappa shape index (κ2) is 4.68. The van der Waals surface area contributed by atoms with Crippen molar-refractivity contribution in [2.24, 2.45) is 5.84 Å². The van der Waals surface area contributed by atoms with Gasteiger partial charge in [0.25, 0.3) is 0 Å². The Morgan fingerprint density at radius 2 is 1.84 bits per heavy atom. The number of nitrogen functional groups attached to an aromatic ring is 1. The molecule has 0 radical (unpaired) electrons. The minimum atomic E-state index is -0.710. The molecule has 3 N–H and O–H groups in total. The minimum absolute atomic E-state index is 0.0913. The highest BCUT2D eigenvalue weighted by atomic mass is 79.9. The molecule has 2 rings (SSSR count). The quantitative estimate of drug-likeness (QED) is 0.474. The molecule has 0 aliphatic heterocycles. The Morgan fingerprint density at radius 3 is 2.37 bits per heavy atom. The molecule has 0 unspecified atom stereocenters. The maximum Gasteiger partial charge on any atom is 0.152 e. The Balaban J connectivity index is 2.93. The molecular formula is C13H14BrF2N3. The number of benzene rings is 1. The van der Waals surface area contributed by atoms with Crippen LogP contribution in [0.3, 0.4) is 0 Å². The Hall–Kier alpha value is -1.27. The van der Waals surface area contributed by atoms with E-state index in [1.54, 1.807) is 6.07 Å². The molecule has 1 aromatic heterocycles. The lowest BCUT2D eigenvalue weighted by atomic mass is 9.90. The monoisotopic (exact) mass is 329 g/mol. The summed E-state index contributed by atoms with van der Waals surface area (Å²) in [5.41, 5.74) is 3.40. The number of nitrogens with zero attached hydrogens (tertiary/aromatic N) is 1. The maximum atomic E-state index is 13.9. The summed E-state index contributed by atoms with van der Waals surface area (Å²) in [5, 5.41) is 0.299. The molecule has 6 heteroatoms. The van der Waals surface area contributed by atoms with Crippen LogP contribution in [0.1, 0.15) is 26.5 Å². The maximum absolute atomic E-state index is 13.9. The van der Waals surface area contributed by atoms with Crippen LogP contribution in [-0.2, 0) is 5.41 Å². The molecule has 2 aromatic rings. The van der Waals surface area contributed by atoms with Gasteiger partial charge >= 0.3 is 0 Å². The molecule has 19 heavy (non-hydrogen) atoms. The second-order valence-corrected chi connectivity index (χ2v) is 6.12. The zero-order chi connectivity index (χ0) is 14.4. The van der Waals surface area contributed by atoms with Crippen LogP contribution < -0.4 is 11.3 Å². The first kappa shape index (κ1) is 14.1. The van der Waals surface area contributed by atoms with Gasteiger partial charge in [0, 0.05) is 22.6 Å². The Bertz CT molecular complexity index is 651. The summed E-state index contributed by atoms with van der Waals surface area (Å²) >= 11 is 3.10. The number of hydrogen-bond acceptors (Lipinski definition) is 3. The summed E-state index contributed by atoms with van der Waals surface area (Å²) in [7, 11) is 0. The molecule has 0 bridgehead atoms. The fourth-order valence-electron chi connectivity index (χ4n) is 1.80. The number of halogens is 3. The van der Waals surface area contributed by atoms with Gasteiger partial charge in [0.05, 0.1) is 10.2 Å². The molecule has 0 saturated carbocycles. The third-order valence-corrected chi connectivity index (χ3v) is 3.63. The molecule has 102 valence electrons. The van der Waals surface area contributed by atoms with Crippen molar-refractivity contribution in [3.8, 4) is 0 Å². The van der Waals surface area contributed by atoms with Crippen molar-refractivity contribution in [1.82, 2.24) is 4.98 Å². The number of rotatable bonds is 1. The highest BCUT2D eigenvalue weighted by Crippen LogP contribution is 2.36. The van der Waals surface area contributed by atoms with Crippen molar-refractivity contribution < 1.29 is 8.78 Å².